The molecule has 0 aromatic heterocycles. The summed E-state index contributed by atoms with van der Waals surface area (Å²) in [5.41, 5.74) is 6.01. The number of rotatable bonds is 0. The van der Waals surface area contributed by atoms with Crippen LogP contribution in [0.2, 0.25) is 0 Å². The lowest BCUT2D eigenvalue weighted by Crippen LogP contribution is -2.46. The van der Waals surface area contributed by atoms with E-state index in [0.717, 1.165) is 31.5 Å². The predicted octanol–water partition coefficient (Wildman–Crippen LogP) is 3.61. The lowest BCUT2D eigenvalue weighted by Gasteiger charge is -2.37. The largest absolute Gasteiger partial charge is 0.375 e. The van der Waals surface area contributed by atoms with Gasteiger partial charge in [-0.05, 0) is 58.3 Å². The molecular weight excluding hydrogens is 250 g/mol. The van der Waals surface area contributed by atoms with Gasteiger partial charge in [0, 0.05) is 6.04 Å². The molecule has 2 rings (SSSR count). The van der Waals surface area contributed by atoms with E-state index in [-0.39, 0.29) is 11.2 Å². The summed E-state index contributed by atoms with van der Waals surface area (Å²) < 4.78 is 11.2. The Morgan fingerprint density at radius 3 is 1.55 bits per heavy atom. The van der Waals surface area contributed by atoms with Crippen LogP contribution in [0.5, 0.6) is 0 Å². The first-order valence-corrected chi connectivity index (χ1v) is 8.06. The van der Waals surface area contributed by atoms with E-state index >= 15 is 0 Å². The third-order valence-electron chi connectivity index (χ3n) is 4.72. The van der Waals surface area contributed by atoms with Gasteiger partial charge < -0.3 is 15.2 Å². The highest BCUT2D eigenvalue weighted by Crippen LogP contribution is 2.31. The van der Waals surface area contributed by atoms with Crippen LogP contribution in [-0.2, 0) is 9.47 Å². The molecule has 2 fully saturated rings. The van der Waals surface area contributed by atoms with Gasteiger partial charge in [-0.1, -0.05) is 20.8 Å². The van der Waals surface area contributed by atoms with Crippen LogP contribution < -0.4 is 5.73 Å². The zero-order chi connectivity index (χ0) is 15.6. The van der Waals surface area contributed by atoms with Crippen LogP contribution in [0.3, 0.4) is 0 Å². The summed E-state index contributed by atoms with van der Waals surface area (Å²) >= 11 is 0. The maximum atomic E-state index is 5.87. The maximum Gasteiger partial charge on any atom is 0.0641 e. The van der Waals surface area contributed by atoms with Crippen LogP contribution in [0, 0.1) is 17.8 Å². The smallest absolute Gasteiger partial charge is 0.0641 e. The Kier molecular flexibility index (Phi) is 6.06. The molecule has 0 aromatic rings. The average Bonchev–Trinajstić information content (AvgIpc) is 2.30. The second-order valence-electron chi connectivity index (χ2n) is 8.15. The quantitative estimate of drug-likeness (QED) is 0.739. The van der Waals surface area contributed by atoms with Crippen molar-refractivity contribution in [1.29, 1.82) is 0 Å². The number of ether oxygens (including phenoxy) is 2. The minimum absolute atomic E-state index is 0.00588. The molecule has 0 aromatic carbocycles. The Bertz CT molecular complexity index is 271. The Balaban J connectivity index is 0.000000200. The summed E-state index contributed by atoms with van der Waals surface area (Å²) in [5.74, 6) is 2.09. The minimum atomic E-state index is 0.00588. The Morgan fingerprint density at radius 2 is 1.20 bits per heavy atom. The van der Waals surface area contributed by atoms with Gasteiger partial charge in [0.25, 0.3) is 0 Å². The first-order valence-electron chi connectivity index (χ1n) is 8.06. The minimum Gasteiger partial charge on any atom is -0.375 e. The standard InChI is InChI=1S/C9H18O.C8H17NO/c1-7-5-9(3,4)10-6-8(7)2;1-6-5-10-8(2,3)4-7(6)9/h7-8H,5-6H2,1-4H3;6-7H,4-5,9H2,1-3H3/t7-,8+;6-,7+/m10/s1. The highest BCUT2D eigenvalue weighted by molar-refractivity contribution is 4.84. The molecule has 0 saturated carbocycles. The Hall–Kier alpha value is -0.120. The summed E-state index contributed by atoms with van der Waals surface area (Å²) in [6.07, 6.45) is 2.18. The highest BCUT2D eigenvalue weighted by atomic mass is 16.5. The molecule has 2 heterocycles. The van der Waals surface area contributed by atoms with Gasteiger partial charge >= 0.3 is 0 Å². The van der Waals surface area contributed by atoms with Gasteiger partial charge in [0.2, 0.25) is 0 Å². The fourth-order valence-electron chi connectivity index (χ4n) is 2.87. The molecular formula is C17H35NO2. The molecule has 2 saturated heterocycles. The summed E-state index contributed by atoms with van der Waals surface area (Å²) in [6, 6.07) is 0.323. The monoisotopic (exact) mass is 285 g/mol. The molecule has 2 N–H and O–H groups in total. The van der Waals surface area contributed by atoms with Gasteiger partial charge in [0.05, 0.1) is 24.4 Å². The maximum absolute atomic E-state index is 5.87. The second kappa shape index (κ2) is 6.76. The van der Waals surface area contributed by atoms with Crippen molar-refractivity contribution in [2.45, 2.75) is 78.6 Å². The Labute approximate surface area is 125 Å². The van der Waals surface area contributed by atoms with Crippen LogP contribution in [0.4, 0.5) is 0 Å². The van der Waals surface area contributed by atoms with E-state index in [4.69, 9.17) is 15.2 Å². The normalized spacial score (nSPS) is 39.6. The van der Waals surface area contributed by atoms with E-state index in [1.807, 2.05) is 0 Å². The highest BCUT2D eigenvalue weighted by Gasteiger charge is 2.31. The number of nitrogens with two attached hydrogens (primary N) is 1. The van der Waals surface area contributed by atoms with Crippen molar-refractivity contribution in [2.75, 3.05) is 13.2 Å². The average molecular weight is 285 g/mol. The summed E-state index contributed by atoms with van der Waals surface area (Å²) in [7, 11) is 0. The second-order valence-corrected chi connectivity index (χ2v) is 8.15. The molecule has 0 aliphatic carbocycles. The molecule has 0 unspecified atom stereocenters. The number of hydrogen-bond donors (Lipinski definition) is 1. The third kappa shape index (κ3) is 5.71. The molecule has 4 atom stereocenters. The van der Waals surface area contributed by atoms with Crippen molar-refractivity contribution in [3.63, 3.8) is 0 Å². The van der Waals surface area contributed by atoms with Crippen molar-refractivity contribution < 1.29 is 9.47 Å². The molecule has 0 bridgehead atoms. The zero-order valence-electron chi connectivity index (χ0n) is 14.5. The summed E-state index contributed by atoms with van der Waals surface area (Å²) in [6.45, 7) is 17.0. The van der Waals surface area contributed by atoms with Crippen molar-refractivity contribution >= 4 is 0 Å². The first kappa shape index (κ1) is 17.9. The molecule has 3 nitrogen and oxygen atoms in total. The van der Waals surface area contributed by atoms with Gasteiger partial charge in [0.1, 0.15) is 0 Å². The van der Waals surface area contributed by atoms with E-state index in [1.54, 1.807) is 0 Å². The lowest BCUT2D eigenvalue weighted by atomic mass is 9.83. The summed E-state index contributed by atoms with van der Waals surface area (Å²) in [4.78, 5) is 0. The van der Waals surface area contributed by atoms with Crippen molar-refractivity contribution in [3.8, 4) is 0 Å². The zero-order valence-corrected chi connectivity index (χ0v) is 14.5. The van der Waals surface area contributed by atoms with E-state index in [1.165, 1.54) is 6.42 Å². The van der Waals surface area contributed by atoms with Gasteiger partial charge in [-0.15, -0.1) is 0 Å². The van der Waals surface area contributed by atoms with Gasteiger partial charge in [-0.3, -0.25) is 0 Å². The van der Waals surface area contributed by atoms with E-state index in [2.05, 4.69) is 48.5 Å². The SMILES string of the molecule is C[C@@H]1CC(C)(C)OC[C@@H]1C.C[C@H]1COC(C)(C)C[C@H]1N. The van der Waals surface area contributed by atoms with E-state index < -0.39 is 0 Å². The van der Waals surface area contributed by atoms with Crippen LogP contribution >= 0.6 is 0 Å². The van der Waals surface area contributed by atoms with Crippen molar-refractivity contribution in [3.05, 3.63) is 0 Å². The van der Waals surface area contributed by atoms with Crippen molar-refractivity contribution in [1.82, 2.24) is 0 Å². The molecule has 20 heavy (non-hydrogen) atoms. The topological polar surface area (TPSA) is 44.5 Å². The van der Waals surface area contributed by atoms with E-state index in [9.17, 15) is 0 Å². The van der Waals surface area contributed by atoms with Crippen LogP contribution in [0.1, 0.15) is 61.3 Å². The van der Waals surface area contributed by atoms with Gasteiger partial charge in [-0.25, -0.2) is 0 Å². The van der Waals surface area contributed by atoms with E-state index in [0.29, 0.717) is 12.0 Å². The fraction of sp³-hybridized carbons (Fsp3) is 1.00. The van der Waals surface area contributed by atoms with Gasteiger partial charge in [-0.2, -0.15) is 0 Å². The molecule has 2 aliphatic rings. The molecule has 0 spiro atoms. The molecule has 120 valence electrons. The first-order chi connectivity index (χ1) is 9.02. The van der Waals surface area contributed by atoms with Crippen LogP contribution in [-0.4, -0.2) is 30.5 Å². The van der Waals surface area contributed by atoms with Crippen molar-refractivity contribution in [2.24, 2.45) is 23.5 Å². The lowest BCUT2D eigenvalue weighted by molar-refractivity contribution is -0.0944. The fourth-order valence-corrected chi connectivity index (χ4v) is 2.87. The van der Waals surface area contributed by atoms with Crippen LogP contribution in [0.15, 0.2) is 0 Å². The molecule has 0 amide bonds. The predicted molar refractivity (Wildman–Crippen MR) is 84.8 cm³/mol. The van der Waals surface area contributed by atoms with Crippen LogP contribution in [0.25, 0.3) is 0 Å². The summed E-state index contributed by atoms with van der Waals surface area (Å²) in [5, 5.41) is 0. The molecule has 3 heteroatoms. The third-order valence-corrected chi connectivity index (χ3v) is 4.72. The Morgan fingerprint density at radius 1 is 0.750 bits per heavy atom. The van der Waals surface area contributed by atoms with Gasteiger partial charge in [0.15, 0.2) is 0 Å². The number of hydrogen-bond acceptors (Lipinski definition) is 3. The molecule has 2 aliphatic heterocycles. The molecule has 0 radical (unpaired) electrons.